The second-order valence-corrected chi connectivity index (χ2v) is 7.84. The van der Waals surface area contributed by atoms with Crippen LogP contribution in [-0.4, -0.2) is 22.4 Å². The largest absolute Gasteiger partial charge is 0.511 e. The maximum absolute atomic E-state index is 13.1. The Hall–Kier alpha value is -3.15. The first kappa shape index (κ1) is 21.6. The van der Waals surface area contributed by atoms with Gasteiger partial charge in [-0.25, -0.2) is 4.39 Å². The van der Waals surface area contributed by atoms with Crippen LogP contribution in [-0.2, 0) is 21.0 Å². The second-order valence-electron chi connectivity index (χ2n) is 7.84. The Morgan fingerprint density at radius 3 is 2.30 bits per heavy atom. The van der Waals surface area contributed by atoms with Crippen molar-refractivity contribution in [1.82, 2.24) is 0 Å². The van der Waals surface area contributed by atoms with Gasteiger partial charge in [0.05, 0.1) is 5.71 Å². The van der Waals surface area contributed by atoms with Crippen LogP contribution >= 0.6 is 0 Å². The Bertz CT molecular complexity index is 946. The lowest BCUT2D eigenvalue weighted by atomic mass is 9.91. The summed E-state index contributed by atoms with van der Waals surface area (Å²) in [6.07, 6.45) is 2.77. The number of aliphatic hydroxyl groups excluding tert-OH is 1. The van der Waals surface area contributed by atoms with Crippen molar-refractivity contribution in [3.05, 3.63) is 71.7 Å². The standard InChI is InChI=1S/C24H26FNO4/c1-4-5-20(22-21(27)14-24(2,3)30-23(22)28)26-29-15-16-6-8-17(9-7-16)18-10-12-19(25)13-11-18/h6-14,22,27H,4-5,15H2,1-3H3/b26-20+. The number of rotatable bonds is 7. The van der Waals surface area contributed by atoms with Crippen LogP contribution in [0.4, 0.5) is 4.39 Å². The lowest BCUT2D eigenvalue weighted by Gasteiger charge is -2.30. The van der Waals surface area contributed by atoms with Gasteiger partial charge in [0.15, 0.2) is 5.92 Å². The number of aliphatic hydroxyl groups is 1. The lowest BCUT2D eigenvalue weighted by Crippen LogP contribution is -2.40. The third-order valence-corrected chi connectivity index (χ3v) is 4.77. The van der Waals surface area contributed by atoms with E-state index in [1.807, 2.05) is 31.2 Å². The average Bonchev–Trinajstić information content (AvgIpc) is 2.68. The van der Waals surface area contributed by atoms with Crippen molar-refractivity contribution >= 4 is 11.7 Å². The zero-order chi connectivity index (χ0) is 21.7. The maximum Gasteiger partial charge on any atom is 0.323 e. The quantitative estimate of drug-likeness (QED) is 0.368. The van der Waals surface area contributed by atoms with E-state index < -0.39 is 17.5 Å². The van der Waals surface area contributed by atoms with E-state index in [-0.39, 0.29) is 18.2 Å². The number of esters is 1. The van der Waals surface area contributed by atoms with Crippen molar-refractivity contribution < 1.29 is 23.9 Å². The molecule has 6 heteroatoms. The van der Waals surface area contributed by atoms with Crippen molar-refractivity contribution in [2.24, 2.45) is 11.1 Å². The lowest BCUT2D eigenvalue weighted by molar-refractivity contribution is -0.157. The van der Waals surface area contributed by atoms with Gasteiger partial charge in [0.1, 0.15) is 23.8 Å². The normalized spacial score (nSPS) is 18.5. The van der Waals surface area contributed by atoms with Crippen LogP contribution in [0.2, 0.25) is 0 Å². The smallest absolute Gasteiger partial charge is 0.323 e. The molecule has 1 N–H and O–H groups in total. The molecule has 0 aliphatic carbocycles. The van der Waals surface area contributed by atoms with Gasteiger partial charge >= 0.3 is 5.97 Å². The molecular formula is C24H26FNO4. The molecule has 2 aromatic carbocycles. The monoisotopic (exact) mass is 411 g/mol. The fourth-order valence-corrected chi connectivity index (χ4v) is 3.34. The number of carbonyl (C=O) groups excluding carboxylic acids is 1. The molecule has 0 saturated carbocycles. The predicted octanol–water partition coefficient (Wildman–Crippen LogP) is 5.56. The van der Waals surface area contributed by atoms with Gasteiger partial charge in [-0.1, -0.05) is 54.9 Å². The van der Waals surface area contributed by atoms with Gasteiger partial charge in [-0.2, -0.15) is 0 Å². The molecule has 0 radical (unpaired) electrons. The minimum atomic E-state index is -0.932. The number of halogens is 1. The molecule has 0 bridgehead atoms. The molecule has 3 rings (SSSR count). The van der Waals surface area contributed by atoms with E-state index in [0.29, 0.717) is 12.1 Å². The molecule has 0 aromatic heterocycles. The van der Waals surface area contributed by atoms with Crippen molar-refractivity contribution in [3.63, 3.8) is 0 Å². The van der Waals surface area contributed by atoms with Gasteiger partial charge in [-0.05, 0) is 55.2 Å². The Morgan fingerprint density at radius 1 is 1.13 bits per heavy atom. The molecule has 1 unspecified atom stereocenters. The Morgan fingerprint density at radius 2 is 1.73 bits per heavy atom. The zero-order valence-electron chi connectivity index (χ0n) is 17.4. The highest BCUT2D eigenvalue weighted by molar-refractivity contribution is 6.05. The fraction of sp³-hybridized carbons (Fsp3) is 0.333. The van der Waals surface area contributed by atoms with E-state index in [9.17, 15) is 14.3 Å². The first-order valence-corrected chi connectivity index (χ1v) is 9.97. The van der Waals surface area contributed by atoms with Crippen LogP contribution < -0.4 is 0 Å². The summed E-state index contributed by atoms with van der Waals surface area (Å²) < 4.78 is 18.4. The van der Waals surface area contributed by atoms with E-state index in [1.54, 1.807) is 26.0 Å². The summed E-state index contributed by atoms with van der Waals surface area (Å²) in [7, 11) is 0. The highest BCUT2D eigenvalue weighted by atomic mass is 19.1. The highest BCUT2D eigenvalue weighted by Gasteiger charge is 2.39. The predicted molar refractivity (Wildman–Crippen MR) is 113 cm³/mol. The van der Waals surface area contributed by atoms with Crippen LogP contribution in [0, 0.1) is 11.7 Å². The Labute approximate surface area is 175 Å². The molecule has 30 heavy (non-hydrogen) atoms. The molecule has 0 spiro atoms. The van der Waals surface area contributed by atoms with Crippen LogP contribution in [0.15, 0.2) is 65.5 Å². The van der Waals surface area contributed by atoms with E-state index in [1.165, 1.54) is 18.2 Å². The molecule has 1 aliphatic rings. The number of carbonyl (C=O) groups is 1. The number of ether oxygens (including phenoxy) is 1. The summed E-state index contributed by atoms with van der Waals surface area (Å²) >= 11 is 0. The van der Waals surface area contributed by atoms with Crippen molar-refractivity contribution in [3.8, 4) is 11.1 Å². The van der Waals surface area contributed by atoms with Gasteiger partial charge < -0.3 is 14.7 Å². The molecule has 0 amide bonds. The summed E-state index contributed by atoms with van der Waals surface area (Å²) in [5.41, 5.74) is 2.38. The number of nitrogens with zero attached hydrogens (tertiary/aromatic N) is 1. The van der Waals surface area contributed by atoms with E-state index >= 15 is 0 Å². The molecule has 2 aromatic rings. The number of oxime groups is 1. The van der Waals surface area contributed by atoms with Gasteiger partial charge in [0.2, 0.25) is 0 Å². The van der Waals surface area contributed by atoms with Crippen LogP contribution in [0.1, 0.15) is 39.2 Å². The molecule has 1 aliphatic heterocycles. The van der Waals surface area contributed by atoms with Gasteiger partial charge in [0.25, 0.3) is 0 Å². The fourth-order valence-electron chi connectivity index (χ4n) is 3.34. The number of hydrogen-bond donors (Lipinski definition) is 1. The summed E-state index contributed by atoms with van der Waals surface area (Å²) in [6, 6.07) is 14.0. The van der Waals surface area contributed by atoms with Crippen LogP contribution in [0.5, 0.6) is 0 Å². The minimum Gasteiger partial charge on any atom is -0.511 e. The van der Waals surface area contributed by atoms with Crippen LogP contribution in [0.3, 0.4) is 0 Å². The topological polar surface area (TPSA) is 68.1 Å². The summed E-state index contributed by atoms with van der Waals surface area (Å²) in [5, 5.41) is 14.5. The van der Waals surface area contributed by atoms with Crippen molar-refractivity contribution in [1.29, 1.82) is 0 Å². The zero-order valence-corrected chi connectivity index (χ0v) is 17.4. The van der Waals surface area contributed by atoms with Crippen LogP contribution in [0.25, 0.3) is 11.1 Å². The number of cyclic esters (lactones) is 1. The minimum absolute atomic E-state index is 0.0595. The van der Waals surface area contributed by atoms with E-state index in [4.69, 9.17) is 9.57 Å². The summed E-state index contributed by atoms with van der Waals surface area (Å²) in [5.74, 6) is -1.79. The maximum atomic E-state index is 13.1. The third-order valence-electron chi connectivity index (χ3n) is 4.77. The molecule has 0 fully saturated rings. The molecule has 1 heterocycles. The average molecular weight is 411 g/mol. The number of hydrogen-bond acceptors (Lipinski definition) is 5. The SMILES string of the molecule is CCC/C(=N\OCc1ccc(-c2ccc(F)cc2)cc1)C1C(=O)OC(C)(C)C=C1O. The molecular weight excluding hydrogens is 385 g/mol. The molecule has 158 valence electrons. The summed E-state index contributed by atoms with van der Waals surface area (Å²) in [4.78, 5) is 17.9. The highest BCUT2D eigenvalue weighted by Crippen LogP contribution is 2.28. The van der Waals surface area contributed by atoms with Gasteiger partial charge in [-0.15, -0.1) is 0 Å². The van der Waals surface area contributed by atoms with Gasteiger partial charge in [0, 0.05) is 0 Å². The van der Waals surface area contributed by atoms with E-state index in [0.717, 1.165) is 23.1 Å². The first-order valence-electron chi connectivity index (χ1n) is 9.97. The molecule has 0 saturated heterocycles. The number of benzene rings is 2. The van der Waals surface area contributed by atoms with Crippen molar-refractivity contribution in [2.45, 2.75) is 45.8 Å². The Balaban J connectivity index is 1.69. The molecule has 5 nitrogen and oxygen atoms in total. The Kier molecular flexibility index (Phi) is 6.55. The second kappa shape index (κ2) is 9.11. The third kappa shape index (κ3) is 5.26. The van der Waals surface area contributed by atoms with E-state index in [2.05, 4.69) is 5.16 Å². The molecule has 1 atom stereocenters. The van der Waals surface area contributed by atoms with Gasteiger partial charge in [-0.3, -0.25) is 4.79 Å². The first-order chi connectivity index (χ1) is 14.3. The van der Waals surface area contributed by atoms with Crippen molar-refractivity contribution in [2.75, 3.05) is 0 Å². The summed E-state index contributed by atoms with van der Waals surface area (Å²) in [6.45, 7) is 5.59.